The minimum Gasteiger partial charge on any atom is -0.497 e. The highest BCUT2D eigenvalue weighted by atomic mass is 16.6. The van der Waals surface area contributed by atoms with Crippen LogP contribution in [0.15, 0.2) is 48.0 Å². The van der Waals surface area contributed by atoms with Crippen LogP contribution < -0.4 is 9.64 Å². The molecular formula is C21H22N2O5. The molecule has 3 rings (SSSR count). The van der Waals surface area contributed by atoms with Crippen molar-refractivity contribution in [2.45, 2.75) is 6.92 Å². The van der Waals surface area contributed by atoms with Crippen molar-refractivity contribution in [1.82, 2.24) is 0 Å². The Balaban J connectivity index is 1.81. The van der Waals surface area contributed by atoms with Gasteiger partial charge in [0, 0.05) is 24.3 Å². The zero-order valence-electron chi connectivity index (χ0n) is 15.9. The number of carbonyl (C=O) groups excluding carboxylic acids is 1. The fourth-order valence-electron chi connectivity index (χ4n) is 3.10. The van der Waals surface area contributed by atoms with E-state index in [1.807, 2.05) is 12.1 Å². The number of allylic oxidation sites excluding steroid dienone is 1. The van der Waals surface area contributed by atoms with Crippen molar-refractivity contribution < 1.29 is 19.2 Å². The van der Waals surface area contributed by atoms with Gasteiger partial charge in [-0.15, -0.1) is 0 Å². The van der Waals surface area contributed by atoms with Gasteiger partial charge in [-0.05, 0) is 55.0 Å². The van der Waals surface area contributed by atoms with Gasteiger partial charge < -0.3 is 14.4 Å². The molecule has 1 saturated heterocycles. The standard InChI is InChI=1S/C21H22N2O5/c1-15(13-17-5-8-19(27-2)14-20(17)23(25)26)21(24)16-3-6-18(7-4-16)22-9-11-28-12-10-22/h3-8,13-14H,9-12H2,1-2H3. The molecule has 0 unspecified atom stereocenters. The second kappa shape index (κ2) is 8.67. The van der Waals surface area contributed by atoms with Crippen molar-refractivity contribution in [2.75, 3.05) is 38.3 Å². The average Bonchev–Trinajstić information content (AvgIpc) is 2.74. The summed E-state index contributed by atoms with van der Waals surface area (Å²) in [6, 6.07) is 12.0. The van der Waals surface area contributed by atoms with Crippen LogP contribution >= 0.6 is 0 Å². The lowest BCUT2D eigenvalue weighted by molar-refractivity contribution is -0.385. The van der Waals surface area contributed by atoms with Gasteiger partial charge >= 0.3 is 0 Å². The summed E-state index contributed by atoms with van der Waals surface area (Å²) in [5.74, 6) is 0.227. The van der Waals surface area contributed by atoms with Crippen LogP contribution in [0.3, 0.4) is 0 Å². The molecule has 1 heterocycles. The number of hydrogen-bond acceptors (Lipinski definition) is 6. The van der Waals surface area contributed by atoms with Crippen molar-refractivity contribution in [1.29, 1.82) is 0 Å². The van der Waals surface area contributed by atoms with Gasteiger partial charge in [-0.1, -0.05) is 0 Å². The fraction of sp³-hybridized carbons (Fsp3) is 0.286. The maximum absolute atomic E-state index is 12.7. The number of morpholine rings is 1. The summed E-state index contributed by atoms with van der Waals surface area (Å²) >= 11 is 0. The highest BCUT2D eigenvalue weighted by Crippen LogP contribution is 2.27. The number of ketones is 1. The van der Waals surface area contributed by atoms with Crippen LogP contribution in [-0.2, 0) is 4.74 Å². The number of methoxy groups -OCH3 is 1. The molecule has 0 radical (unpaired) electrons. The molecule has 0 N–H and O–H groups in total. The van der Waals surface area contributed by atoms with E-state index in [1.165, 1.54) is 19.3 Å². The Labute approximate surface area is 163 Å². The summed E-state index contributed by atoms with van der Waals surface area (Å²) in [7, 11) is 1.45. The van der Waals surface area contributed by atoms with Crippen LogP contribution in [-0.4, -0.2) is 44.1 Å². The normalized spacial score (nSPS) is 14.6. The SMILES string of the molecule is COc1ccc(C=C(C)C(=O)c2ccc(N3CCOCC3)cc2)c([N+](=O)[O-])c1. The summed E-state index contributed by atoms with van der Waals surface area (Å²) in [5, 5.41) is 11.3. The van der Waals surface area contributed by atoms with E-state index in [-0.39, 0.29) is 11.5 Å². The van der Waals surface area contributed by atoms with Gasteiger partial charge in [-0.25, -0.2) is 0 Å². The maximum atomic E-state index is 12.7. The van der Waals surface area contributed by atoms with Gasteiger partial charge in [-0.3, -0.25) is 14.9 Å². The van der Waals surface area contributed by atoms with Gasteiger partial charge in [-0.2, -0.15) is 0 Å². The van der Waals surface area contributed by atoms with E-state index in [1.54, 1.807) is 31.2 Å². The van der Waals surface area contributed by atoms with Gasteiger partial charge in [0.05, 0.1) is 36.9 Å². The van der Waals surface area contributed by atoms with Crippen LogP contribution in [0.25, 0.3) is 6.08 Å². The first-order chi connectivity index (χ1) is 13.5. The number of nitro benzene ring substituents is 1. The van der Waals surface area contributed by atoms with Crippen molar-refractivity contribution >= 4 is 23.2 Å². The smallest absolute Gasteiger partial charge is 0.280 e. The quantitative estimate of drug-likeness (QED) is 0.328. The van der Waals surface area contributed by atoms with Crippen molar-refractivity contribution in [3.63, 3.8) is 0 Å². The molecule has 0 aromatic heterocycles. The molecule has 7 nitrogen and oxygen atoms in total. The maximum Gasteiger partial charge on any atom is 0.280 e. The Morgan fingerprint density at radius 1 is 1.18 bits per heavy atom. The predicted octanol–water partition coefficient (Wildman–Crippen LogP) is 3.73. The molecular weight excluding hydrogens is 360 g/mol. The van der Waals surface area contributed by atoms with Crippen LogP contribution in [0.5, 0.6) is 5.75 Å². The van der Waals surface area contributed by atoms with Crippen LogP contribution in [0, 0.1) is 10.1 Å². The highest BCUT2D eigenvalue weighted by molar-refractivity contribution is 6.11. The Bertz CT molecular complexity index is 900. The lowest BCUT2D eigenvalue weighted by Crippen LogP contribution is -2.36. The van der Waals surface area contributed by atoms with Crippen LogP contribution in [0.2, 0.25) is 0 Å². The van der Waals surface area contributed by atoms with Gasteiger partial charge in [0.25, 0.3) is 5.69 Å². The molecule has 7 heteroatoms. The summed E-state index contributed by atoms with van der Waals surface area (Å²) < 4.78 is 10.4. The lowest BCUT2D eigenvalue weighted by Gasteiger charge is -2.28. The first-order valence-corrected chi connectivity index (χ1v) is 8.98. The molecule has 2 aromatic carbocycles. The summed E-state index contributed by atoms with van der Waals surface area (Å²) in [4.78, 5) is 25.8. The molecule has 1 fully saturated rings. The lowest BCUT2D eigenvalue weighted by atomic mass is 10.0. The van der Waals surface area contributed by atoms with Crippen molar-refractivity contribution in [3.05, 3.63) is 69.3 Å². The van der Waals surface area contributed by atoms with E-state index in [2.05, 4.69) is 4.90 Å². The van der Waals surface area contributed by atoms with Crippen molar-refractivity contribution in [2.24, 2.45) is 0 Å². The third-order valence-corrected chi connectivity index (χ3v) is 4.67. The third-order valence-electron chi connectivity index (χ3n) is 4.67. The molecule has 0 amide bonds. The zero-order valence-corrected chi connectivity index (χ0v) is 15.9. The number of nitrogens with zero attached hydrogens (tertiary/aromatic N) is 2. The number of benzene rings is 2. The molecule has 1 aliphatic rings. The summed E-state index contributed by atoms with van der Waals surface area (Å²) in [6.45, 7) is 4.71. The van der Waals surface area contributed by atoms with E-state index in [4.69, 9.17) is 9.47 Å². The molecule has 0 bridgehead atoms. The van der Waals surface area contributed by atoms with E-state index >= 15 is 0 Å². The number of carbonyl (C=O) groups is 1. The highest BCUT2D eigenvalue weighted by Gasteiger charge is 2.16. The number of rotatable bonds is 6. The Morgan fingerprint density at radius 3 is 2.46 bits per heavy atom. The first kappa shape index (κ1) is 19.6. The Hall–Kier alpha value is -3.19. The second-order valence-electron chi connectivity index (χ2n) is 6.48. The molecule has 0 spiro atoms. The third kappa shape index (κ3) is 4.37. The molecule has 28 heavy (non-hydrogen) atoms. The van der Waals surface area contributed by atoms with Gasteiger partial charge in [0.15, 0.2) is 5.78 Å². The fourth-order valence-corrected chi connectivity index (χ4v) is 3.10. The molecule has 1 aliphatic heterocycles. The first-order valence-electron chi connectivity index (χ1n) is 8.98. The van der Waals surface area contributed by atoms with Crippen LogP contribution in [0.1, 0.15) is 22.8 Å². The Kier molecular flexibility index (Phi) is 6.06. The monoisotopic (exact) mass is 382 g/mol. The zero-order chi connectivity index (χ0) is 20.1. The largest absolute Gasteiger partial charge is 0.497 e. The van der Waals surface area contributed by atoms with Crippen LogP contribution in [0.4, 0.5) is 11.4 Å². The number of hydrogen-bond donors (Lipinski definition) is 0. The average molecular weight is 382 g/mol. The van der Waals surface area contributed by atoms with E-state index in [0.717, 1.165) is 18.8 Å². The number of ether oxygens (including phenoxy) is 2. The second-order valence-corrected chi connectivity index (χ2v) is 6.48. The predicted molar refractivity (Wildman–Crippen MR) is 107 cm³/mol. The minimum absolute atomic E-state index is 0.103. The number of nitro groups is 1. The minimum atomic E-state index is -0.483. The molecule has 2 aromatic rings. The number of anilines is 1. The molecule has 0 saturated carbocycles. The van der Waals surface area contributed by atoms with Gasteiger partial charge in [0.2, 0.25) is 0 Å². The Morgan fingerprint density at radius 2 is 1.86 bits per heavy atom. The molecule has 146 valence electrons. The van der Waals surface area contributed by atoms with E-state index in [0.29, 0.717) is 35.7 Å². The van der Waals surface area contributed by atoms with E-state index in [9.17, 15) is 14.9 Å². The topological polar surface area (TPSA) is 81.9 Å². The summed E-state index contributed by atoms with van der Waals surface area (Å²) in [5.41, 5.74) is 2.28. The van der Waals surface area contributed by atoms with Gasteiger partial charge in [0.1, 0.15) is 5.75 Å². The van der Waals surface area contributed by atoms with E-state index < -0.39 is 4.92 Å². The van der Waals surface area contributed by atoms with Crippen molar-refractivity contribution in [3.8, 4) is 5.75 Å². The summed E-state index contributed by atoms with van der Waals surface area (Å²) in [6.07, 6.45) is 1.54. The molecule has 0 atom stereocenters. The number of Topliss-reactive ketones (excluding diaryl/α,β-unsaturated/α-hetero) is 1. The molecule has 0 aliphatic carbocycles.